The van der Waals surface area contributed by atoms with E-state index in [2.05, 4.69) is 0 Å². The molecule has 0 fully saturated rings. The second-order valence-corrected chi connectivity index (χ2v) is 6.37. The van der Waals surface area contributed by atoms with Crippen LogP contribution in [-0.2, 0) is 14.6 Å². The van der Waals surface area contributed by atoms with Crippen LogP contribution >= 0.6 is 0 Å². The third-order valence-corrected chi connectivity index (χ3v) is 2.20. The van der Waals surface area contributed by atoms with E-state index in [1.165, 1.54) is 0 Å². The second kappa shape index (κ2) is 6.34. The van der Waals surface area contributed by atoms with E-state index in [1.54, 1.807) is 13.0 Å². The maximum atomic E-state index is 10.7. The van der Waals surface area contributed by atoms with E-state index < -0.39 is 11.6 Å². The predicted molar refractivity (Wildman–Crippen MR) is 71.2 cm³/mol. The molecule has 0 aliphatic heterocycles. The highest BCUT2D eigenvalue weighted by molar-refractivity contribution is 5.85. The first-order valence-electron chi connectivity index (χ1n) is 6.21. The second-order valence-electron chi connectivity index (χ2n) is 6.37. The van der Waals surface area contributed by atoms with Gasteiger partial charge in [-0.15, -0.1) is 0 Å². The molecule has 1 N–H and O–H groups in total. The first kappa shape index (κ1) is 17.1. The number of carboxylic acids is 1. The molecule has 0 amide bonds. The van der Waals surface area contributed by atoms with Gasteiger partial charge in [-0.05, 0) is 53.9 Å². The minimum absolute atomic E-state index is 0.111. The first-order chi connectivity index (χ1) is 7.93. The first-order valence-corrected chi connectivity index (χ1v) is 6.21. The summed E-state index contributed by atoms with van der Waals surface area (Å²) in [5.74, 6) is -0.772. The highest BCUT2D eigenvalue weighted by Gasteiger charge is 2.25. The van der Waals surface area contributed by atoms with Gasteiger partial charge in [0.15, 0.2) is 0 Å². The summed E-state index contributed by atoms with van der Waals surface area (Å²) >= 11 is 0. The summed E-state index contributed by atoms with van der Waals surface area (Å²) in [5.41, 5.74) is -0.454. The van der Waals surface area contributed by atoms with Gasteiger partial charge < -0.3 is 5.11 Å². The Hall–Kier alpha value is -0.870. The maximum absolute atomic E-state index is 10.7. The fraction of sp³-hybridized carbons (Fsp3) is 0.786. The van der Waals surface area contributed by atoms with Crippen LogP contribution in [0.2, 0.25) is 0 Å². The van der Waals surface area contributed by atoms with Crippen LogP contribution in [-0.4, -0.2) is 22.3 Å². The van der Waals surface area contributed by atoms with E-state index in [1.807, 2.05) is 41.5 Å². The number of carbonyl (C=O) groups is 1. The minimum Gasteiger partial charge on any atom is -0.478 e. The smallest absolute Gasteiger partial charge is 0.330 e. The molecule has 1 atom stereocenters. The number of hydrogen-bond donors (Lipinski definition) is 1. The zero-order chi connectivity index (χ0) is 14.6. The van der Waals surface area contributed by atoms with Gasteiger partial charge in [-0.1, -0.05) is 13.0 Å². The molecular weight excluding hydrogens is 232 g/mol. The van der Waals surface area contributed by atoms with Crippen molar-refractivity contribution in [3.63, 3.8) is 0 Å². The molecule has 1 unspecified atom stereocenters. The van der Waals surface area contributed by atoms with E-state index in [-0.39, 0.29) is 11.5 Å². The van der Waals surface area contributed by atoms with Crippen LogP contribution in [0, 0.1) is 5.92 Å². The molecule has 0 aliphatic rings. The Balaban J connectivity index is 4.40. The van der Waals surface area contributed by atoms with Crippen LogP contribution < -0.4 is 0 Å². The van der Waals surface area contributed by atoms with Crippen molar-refractivity contribution in [2.75, 3.05) is 0 Å². The number of carboxylic acid groups (broad SMARTS) is 1. The van der Waals surface area contributed by atoms with Gasteiger partial charge >= 0.3 is 5.97 Å². The Labute approximate surface area is 110 Å². The predicted octanol–water partition coefficient (Wildman–Crippen LogP) is 3.57. The topological polar surface area (TPSA) is 55.8 Å². The normalized spacial score (nSPS) is 15.6. The van der Waals surface area contributed by atoms with Crippen LogP contribution in [0.5, 0.6) is 0 Å². The van der Waals surface area contributed by atoms with Crippen LogP contribution in [0.15, 0.2) is 11.6 Å². The Kier molecular flexibility index (Phi) is 6.04. The lowest BCUT2D eigenvalue weighted by Crippen LogP contribution is -2.32. The molecule has 106 valence electrons. The van der Waals surface area contributed by atoms with Crippen molar-refractivity contribution < 1.29 is 19.7 Å². The van der Waals surface area contributed by atoms with Crippen molar-refractivity contribution >= 4 is 5.97 Å². The molecule has 0 heterocycles. The largest absolute Gasteiger partial charge is 0.478 e. The molecule has 0 bridgehead atoms. The molecule has 4 nitrogen and oxygen atoms in total. The lowest BCUT2D eigenvalue weighted by molar-refractivity contribution is -0.398. The molecule has 18 heavy (non-hydrogen) atoms. The molecule has 0 rings (SSSR count). The van der Waals surface area contributed by atoms with Crippen LogP contribution in [0.25, 0.3) is 0 Å². The number of aliphatic carboxylic acids is 1. The Morgan fingerprint density at radius 2 is 1.72 bits per heavy atom. The van der Waals surface area contributed by atoms with Crippen molar-refractivity contribution in [3.8, 4) is 0 Å². The van der Waals surface area contributed by atoms with Gasteiger partial charge in [-0.25, -0.2) is 14.6 Å². The van der Waals surface area contributed by atoms with Gasteiger partial charge in [0.25, 0.3) is 0 Å². The van der Waals surface area contributed by atoms with E-state index in [9.17, 15) is 4.79 Å². The highest BCUT2D eigenvalue weighted by Crippen LogP contribution is 2.24. The molecule has 0 radical (unpaired) electrons. The SMILES string of the molecule is C/C(=C\C(C)CC(C)(C)OOC(C)(C)C)C(=O)O. The average molecular weight is 258 g/mol. The molecule has 0 aliphatic carbocycles. The molecule has 0 saturated carbocycles. The number of allylic oxidation sites excluding steroid dienone is 1. The standard InChI is InChI=1S/C14H26O4/c1-10(8-11(2)12(15)16)9-14(6,7)18-17-13(3,4)5/h8,10H,9H2,1-7H3,(H,15,16)/b11-8+. The van der Waals surface area contributed by atoms with Crippen molar-refractivity contribution in [3.05, 3.63) is 11.6 Å². The van der Waals surface area contributed by atoms with Gasteiger partial charge in [-0.2, -0.15) is 0 Å². The van der Waals surface area contributed by atoms with Crippen molar-refractivity contribution in [1.29, 1.82) is 0 Å². The Morgan fingerprint density at radius 1 is 1.22 bits per heavy atom. The van der Waals surface area contributed by atoms with E-state index in [4.69, 9.17) is 14.9 Å². The Bertz CT molecular complexity index is 310. The zero-order valence-electron chi connectivity index (χ0n) is 12.5. The number of hydrogen-bond acceptors (Lipinski definition) is 3. The van der Waals surface area contributed by atoms with Crippen molar-refractivity contribution in [2.45, 2.75) is 66.1 Å². The van der Waals surface area contributed by atoms with Gasteiger partial charge in [0.1, 0.15) is 0 Å². The van der Waals surface area contributed by atoms with Crippen molar-refractivity contribution in [1.82, 2.24) is 0 Å². The summed E-state index contributed by atoms with van der Waals surface area (Å²) < 4.78 is 0. The quantitative estimate of drug-likeness (QED) is 0.449. The summed E-state index contributed by atoms with van der Waals surface area (Å²) in [4.78, 5) is 21.5. The lowest BCUT2D eigenvalue weighted by atomic mass is 9.93. The summed E-state index contributed by atoms with van der Waals surface area (Å²) in [5, 5.41) is 8.82. The number of rotatable bonds is 6. The third-order valence-electron chi connectivity index (χ3n) is 2.20. The molecule has 0 aromatic carbocycles. The van der Waals surface area contributed by atoms with Crippen LogP contribution in [0.1, 0.15) is 54.9 Å². The maximum Gasteiger partial charge on any atom is 0.330 e. The fourth-order valence-electron chi connectivity index (χ4n) is 1.60. The summed E-state index contributed by atoms with van der Waals surface area (Å²) in [7, 11) is 0. The van der Waals surface area contributed by atoms with E-state index in [0.717, 1.165) is 0 Å². The summed E-state index contributed by atoms with van der Waals surface area (Å²) in [6.45, 7) is 13.2. The van der Waals surface area contributed by atoms with Crippen molar-refractivity contribution in [2.24, 2.45) is 5.92 Å². The monoisotopic (exact) mass is 258 g/mol. The van der Waals surface area contributed by atoms with Gasteiger partial charge in [0.2, 0.25) is 0 Å². The van der Waals surface area contributed by atoms with Crippen LogP contribution in [0.4, 0.5) is 0 Å². The molecule has 0 aromatic heterocycles. The van der Waals surface area contributed by atoms with E-state index in [0.29, 0.717) is 12.0 Å². The molecule has 0 saturated heterocycles. The van der Waals surface area contributed by atoms with E-state index >= 15 is 0 Å². The lowest BCUT2D eigenvalue weighted by Gasteiger charge is -2.30. The van der Waals surface area contributed by atoms with Crippen LogP contribution in [0.3, 0.4) is 0 Å². The fourth-order valence-corrected chi connectivity index (χ4v) is 1.60. The molecule has 0 aromatic rings. The highest BCUT2D eigenvalue weighted by atomic mass is 17.2. The van der Waals surface area contributed by atoms with Gasteiger partial charge in [-0.3, -0.25) is 0 Å². The Morgan fingerprint density at radius 3 is 2.11 bits per heavy atom. The average Bonchev–Trinajstić information content (AvgIpc) is 2.12. The third kappa shape index (κ3) is 8.25. The van der Waals surface area contributed by atoms with Gasteiger partial charge in [0.05, 0.1) is 11.2 Å². The van der Waals surface area contributed by atoms with Gasteiger partial charge in [0, 0.05) is 5.57 Å². The minimum atomic E-state index is -0.883. The molecule has 4 heteroatoms. The molecule has 0 spiro atoms. The molecular formula is C14H26O4. The zero-order valence-corrected chi connectivity index (χ0v) is 12.5. The summed E-state index contributed by atoms with van der Waals surface area (Å²) in [6, 6.07) is 0. The summed E-state index contributed by atoms with van der Waals surface area (Å²) in [6.07, 6.45) is 2.43.